The Bertz CT molecular complexity index is 875. The van der Waals surface area contributed by atoms with E-state index in [2.05, 4.69) is 10.9 Å². The van der Waals surface area contributed by atoms with Gasteiger partial charge in [-0.25, -0.2) is 0 Å². The molecule has 0 fully saturated rings. The minimum absolute atomic E-state index is 0.256. The fourth-order valence-corrected chi connectivity index (χ4v) is 2.73. The Morgan fingerprint density at radius 3 is 2.33 bits per heavy atom. The van der Waals surface area contributed by atoms with Gasteiger partial charge in [0.2, 0.25) is 0 Å². The van der Waals surface area contributed by atoms with Gasteiger partial charge in [0.1, 0.15) is 5.75 Å². The van der Waals surface area contributed by atoms with Crippen LogP contribution in [0.15, 0.2) is 36.4 Å². The Kier molecular flexibility index (Phi) is 7.54. The van der Waals surface area contributed by atoms with Crippen molar-refractivity contribution in [1.29, 1.82) is 0 Å². The minimum Gasteiger partial charge on any atom is -0.484 e. The Labute approximate surface area is 172 Å². The second-order valence-electron chi connectivity index (χ2n) is 5.70. The molecule has 2 aromatic rings. The summed E-state index contributed by atoms with van der Waals surface area (Å²) in [6.07, 6.45) is 2.75. The molecule has 0 aliphatic carbocycles. The predicted octanol–water partition coefficient (Wildman–Crippen LogP) is 4.50. The van der Waals surface area contributed by atoms with E-state index in [0.717, 1.165) is 11.1 Å². The first-order valence-corrected chi connectivity index (χ1v) is 9.01. The van der Waals surface area contributed by atoms with Crippen molar-refractivity contribution in [3.63, 3.8) is 0 Å². The molecule has 0 unspecified atom stereocenters. The van der Waals surface area contributed by atoms with Crippen LogP contribution in [0.5, 0.6) is 5.75 Å². The molecule has 0 aromatic heterocycles. The van der Waals surface area contributed by atoms with E-state index in [1.807, 2.05) is 13.8 Å². The first-order chi connectivity index (χ1) is 12.8. The van der Waals surface area contributed by atoms with Crippen molar-refractivity contribution in [3.8, 4) is 5.75 Å². The van der Waals surface area contributed by atoms with Crippen LogP contribution in [0.1, 0.15) is 16.7 Å². The molecule has 0 aliphatic heterocycles. The maximum absolute atomic E-state index is 11.8. The lowest BCUT2D eigenvalue weighted by Crippen LogP contribution is -2.43. The van der Waals surface area contributed by atoms with Crippen molar-refractivity contribution in [1.82, 2.24) is 10.9 Å². The molecule has 0 atom stereocenters. The summed E-state index contributed by atoms with van der Waals surface area (Å²) < 4.78 is 5.40. The molecule has 2 rings (SSSR count). The molecule has 2 N–H and O–H groups in total. The highest BCUT2D eigenvalue weighted by Gasteiger charge is 2.07. The molecule has 0 radical (unpaired) electrons. The van der Waals surface area contributed by atoms with Crippen LogP contribution in [0.25, 0.3) is 6.08 Å². The van der Waals surface area contributed by atoms with Crippen LogP contribution in [-0.2, 0) is 9.59 Å². The van der Waals surface area contributed by atoms with Crippen molar-refractivity contribution in [3.05, 3.63) is 68.2 Å². The van der Waals surface area contributed by atoms with E-state index >= 15 is 0 Å². The standard InChI is InChI=1S/C19H17Cl3N2O3/c1-11-7-15(8-12(2)19(11)22)27-10-18(26)24-23-17(25)6-4-13-3-5-14(20)9-16(13)21/h3-9H,10H2,1-2H3,(H,23,25)(H,24,26)/b6-4+. The monoisotopic (exact) mass is 426 g/mol. The number of hydrazine groups is 1. The summed E-state index contributed by atoms with van der Waals surface area (Å²) in [5.74, 6) is -0.507. The topological polar surface area (TPSA) is 67.4 Å². The number of ether oxygens (including phenoxy) is 1. The quantitative estimate of drug-likeness (QED) is 0.545. The van der Waals surface area contributed by atoms with E-state index in [1.165, 1.54) is 12.2 Å². The lowest BCUT2D eigenvalue weighted by Gasteiger charge is -2.10. The van der Waals surface area contributed by atoms with Crippen LogP contribution in [-0.4, -0.2) is 18.4 Å². The lowest BCUT2D eigenvalue weighted by atomic mass is 10.1. The van der Waals surface area contributed by atoms with Gasteiger partial charge in [-0.05, 0) is 60.9 Å². The highest BCUT2D eigenvalue weighted by Crippen LogP contribution is 2.25. The first kappa shape index (κ1) is 21.1. The number of carbonyl (C=O) groups excluding carboxylic acids is 2. The van der Waals surface area contributed by atoms with Gasteiger partial charge in [-0.1, -0.05) is 40.9 Å². The van der Waals surface area contributed by atoms with Crippen molar-refractivity contribution in [2.45, 2.75) is 13.8 Å². The molecule has 27 heavy (non-hydrogen) atoms. The second-order valence-corrected chi connectivity index (χ2v) is 6.92. The zero-order chi connectivity index (χ0) is 20.0. The molecule has 0 heterocycles. The lowest BCUT2D eigenvalue weighted by molar-refractivity contribution is -0.128. The number of halogens is 3. The zero-order valence-corrected chi connectivity index (χ0v) is 16.9. The number of hydrogen-bond donors (Lipinski definition) is 2. The molecule has 5 nitrogen and oxygen atoms in total. The van der Waals surface area contributed by atoms with Gasteiger partial charge in [-0.2, -0.15) is 0 Å². The minimum atomic E-state index is -0.521. The summed E-state index contributed by atoms with van der Waals surface area (Å²) in [4.78, 5) is 23.5. The van der Waals surface area contributed by atoms with Crippen LogP contribution < -0.4 is 15.6 Å². The maximum Gasteiger partial charge on any atom is 0.276 e. The zero-order valence-electron chi connectivity index (χ0n) is 14.6. The maximum atomic E-state index is 11.8. The number of rotatable bonds is 5. The average Bonchev–Trinajstić information content (AvgIpc) is 2.61. The van der Waals surface area contributed by atoms with E-state index in [1.54, 1.807) is 30.3 Å². The molecular weight excluding hydrogens is 411 g/mol. The van der Waals surface area contributed by atoms with Crippen molar-refractivity contribution in [2.75, 3.05) is 6.61 Å². The summed E-state index contributed by atoms with van der Waals surface area (Å²) in [6, 6.07) is 8.38. The van der Waals surface area contributed by atoms with E-state index < -0.39 is 11.8 Å². The second kappa shape index (κ2) is 9.65. The third kappa shape index (κ3) is 6.47. The Balaban J connectivity index is 1.81. The molecule has 0 spiro atoms. The number of benzene rings is 2. The fourth-order valence-electron chi connectivity index (χ4n) is 2.15. The van der Waals surface area contributed by atoms with Crippen molar-refractivity contribution < 1.29 is 14.3 Å². The molecule has 0 aliphatic rings. The van der Waals surface area contributed by atoms with Crippen molar-refractivity contribution in [2.24, 2.45) is 0 Å². The third-order valence-electron chi connectivity index (χ3n) is 3.48. The third-order valence-corrected chi connectivity index (χ3v) is 4.64. The normalized spacial score (nSPS) is 10.7. The molecule has 8 heteroatoms. The van der Waals surface area contributed by atoms with Gasteiger partial charge >= 0.3 is 0 Å². The van der Waals surface area contributed by atoms with Crippen LogP contribution in [0, 0.1) is 13.8 Å². The van der Waals surface area contributed by atoms with Crippen LogP contribution in [0.2, 0.25) is 15.1 Å². The van der Waals surface area contributed by atoms with Gasteiger partial charge in [0, 0.05) is 21.1 Å². The summed E-state index contributed by atoms with van der Waals surface area (Å²) in [7, 11) is 0. The summed E-state index contributed by atoms with van der Waals surface area (Å²) in [5, 5.41) is 1.57. The van der Waals surface area contributed by atoms with Gasteiger partial charge in [0.15, 0.2) is 6.61 Å². The fraction of sp³-hybridized carbons (Fsp3) is 0.158. The van der Waals surface area contributed by atoms with E-state index in [-0.39, 0.29) is 6.61 Å². The summed E-state index contributed by atoms with van der Waals surface area (Å²) in [5.41, 5.74) is 6.85. The van der Waals surface area contributed by atoms with Crippen LogP contribution >= 0.6 is 34.8 Å². The van der Waals surface area contributed by atoms with Gasteiger partial charge < -0.3 is 4.74 Å². The largest absolute Gasteiger partial charge is 0.484 e. The highest BCUT2D eigenvalue weighted by atomic mass is 35.5. The highest BCUT2D eigenvalue weighted by molar-refractivity contribution is 6.35. The molecule has 0 saturated heterocycles. The van der Waals surface area contributed by atoms with Crippen molar-refractivity contribution >= 4 is 52.7 Å². The number of hydrogen-bond acceptors (Lipinski definition) is 3. The number of aryl methyl sites for hydroxylation is 2. The van der Waals surface area contributed by atoms with Gasteiger partial charge in [0.25, 0.3) is 11.8 Å². The Hall–Kier alpha value is -2.21. The molecule has 2 aromatic carbocycles. The van der Waals surface area contributed by atoms with E-state index in [9.17, 15) is 9.59 Å². The summed E-state index contributed by atoms with van der Waals surface area (Å²) >= 11 is 17.9. The molecular formula is C19H17Cl3N2O3. The summed E-state index contributed by atoms with van der Waals surface area (Å²) in [6.45, 7) is 3.44. The smallest absolute Gasteiger partial charge is 0.276 e. The molecule has 0 bridgehead atoms. The number of amides is 2. The van der Waals surface area contributed by atoms with Crippen LogP contribution in [0.4, 0.5) is 0 Å². The van der Waals surface area contributed by atoms with Gasteiger partial charge in [0.05, 0.1) is 0 Å². The molecule has 0 saturated carbocycles. The SMILES string of the molecule is Cc1cc(OCC(=O)NNC(=O)/C=C/c2ccc(Cl)cc2Cl)cc(C)c1Cl. The molecule has 2 amide bonds. The van der Waals surface area contributed by atoms with E-state index in [0.29, 0.717) is 26.4 Å². The first-order valence-electron chi connectivity index (χ1n) is 7.87. The Morgan fingerprint density at radius 2 is 1.70 bits per heavy atom. The molecule has 142 valence electrons. The van der Waals surface area contributed by atoms with Gasteiger partial charge in [-0.15, -0.1) is 0 Å². The van der Waals surface area contributed by atoms with E-state index in [4.69, 9.17) is 39.5 Å². The number of nitrogens with one attached hydrogen (secondary N) is 2. The Morgan fingerprint density at radius 1 is 1.04 bits per heavy atom. The predicted molar refractivity (Wildman–Crippen MR) is 108 cm³/mol. The van der Waals surface area contributed by atoms with Gasteiger partial charge in [-0.3, -0.25) is 20.4 Å². The van der Waals surface area contributed by atoms with Crippen LogP contribution in [0.3, 0.4) is 0 Å². The average molecular weight is 428 g/mol. The number of carbonyl (C=O) groups is 2.